The van der Waals surface area contributed by atoms with E-state index >= 15 is 0 Å². The molecule has 236 valence electrons. The highest BCUT2D eigenvalue weighted by Gasteiger charge is 2.49. The van der Waals surface area contributed by atoms with Crippen LogP contribution in [0.4, 0.5) is 8.78 Å². The fourth-order valence-corrected chi connectivity index (χ4v) is 6.94. The Labute approximate surface area is 257 Å². The molecule has 0 radical (unpaired) electrons. The molecule has 1 saturated heterocycles. The highest BCUT2D eigenvalue weighted by atomic mass is 19.1. The van der Waals surface area contributed by atoms with Crippen LogP contribution in [0.3, 0.4) is 0 Å². The molecule has 0 atom stereocenters. The maximum Gasteiger partial charge on any atom is 0.185 e. The summed E-state index contributed by atoms with van der Waals surface area (Å²) in [5.41, 5.74) is 0.463. The molecule has 0 bridgehead atoms. The number of rotatable bonds is 11. The van der Waals surface area contributed by atoms with Crippen molar-refractivity contribution >= 4 is 11.6 Å². The molecule has 2 fully saturated rings. The van der Waals surface area contributed by atoms with Crippen LogP contribution in [0.2, 0.25) is 0 Å². The molecule has 2 aromatic carbocycles. The number of aryl methyl sites for hydroxylation is 1. The second-order valence-electron chi connectivity index (χ2n) is 13.9. The molecule has 3 aromatic rings. The van der Waals surface area contributed by atoms with E-state index in [0.29, 0.717) is 25.6 Å². The average molecular weight is 609 g/mol. The number of aliphatic hydroxyl groups is 1. The van der Waals surface area contributed by atoms with Gasteiger partial charge in [0.15, 0.2) is 11.5 Å². The van der Waals surface area contributed by atoms with Gasteiger partial charge in [-0.05, 0) is 80.3 Å². The van der Waals surface area contributed by atoms with E-state index in [9.17, 15) is 23.5 Å². The van der Waals surface area contributed by atoms with Gasteiger partial charge in [-0.25, -0.2) is 8.78 Å². The lowest BCUT2D eigenvalue weighted by Gasteiger charge is -2.55. The Hall–Kier alpha value is -3.43. The van der Waals surface area contributed by atoms with E-state index in [0.717, 1.165) is 54.7 Å². The number of aromatic nitrogens is 1. The van der Waals surface area contributed by atoms with Crippen LogP contribution in [-0.4, -0.2) is 58.6 Å². The van der Waals surface area contributed by atoms with Crippen LogP contribution in [0.15, 0.2) is 47.0 Å². The van der Waals surface area contributed by atoms with Gasteiger partial charge < -0.3 is 14.4 Å². The fourth-order valence-electron chi connectivity index (χ4n) is 6.94. The van der Waals surface area contributed by atoms with Crippen molar-refractivity contribution in [3.63, 3.8) is 0 Å². The lowest BCUT2D eigenvalue weighted by atomic mass is 9.68. The van der Waals surface area contributed by atoms with E-state index in [1.54, 1.807) is 7.11 Å². The Bertz CT molecular complexity index is 1530. The molecule has 1 saturated carbocycles. The van der Waals surface area contributed by atoms with Gasteiger partial charge in [-0.1, -0.05) is 25.1 Å². The Kier molecular flexibility index (Phi) is 8.84. The molecule has 7 nitrogen and oxygen atoms in total. The second-order valence-corrected chi connectivity index (χ2v) is 13.9. The second kappa shape index (κ2) is 12.2. The van der Waals surface area contributed by atoms with Crippen molar-refractivity contribution in [1.29, 1.82) is 0 Å². The maximum atomic E-state index is 14.3. The zero-order valence-electron chi connectivity index (χ0n) is 26.2. The van der Waals surface area contributed by atoms with Crippen LogP contribution in [-0.2, 0) is 10.2 Å². The normalized spacial score (nSPS) is 22.0. The molecule has 44 heavy (non-hydrogen) atoms. The predicted molar refractivity (Wildman–Crippen MR) is 163 cm³/mol. The summed E-state index contributed by atoms with van der Waals surface area (Å²) in [5.74, 6) is -0.952. The number of nitrogens with zero attached hydrogens (tertiary/aromatic N) is 2. The number of ketones is 2. The number of methoxy groups -OCH3 is 1. The molecule has 0 amide bonds. The minimum absolute atomic E-state index is 0.0147. The quantitative estimate of drug-likeness (QED) is 0.239. The van der Waals surface area contributed by atoms with Crippen molar-refractivity contribution < 1.29 is 32.7 Å². The molecule has 1 aliphatic carbocycles. The zero-order valence-corrected chi connectivity index (χ0v) is 26.2. The SMILES string of the molecule is COc1cc(C)cc(C(C)(C)CC(=O)CC2(CC(=O)c3cc(-c4ccc(F)cc4F)on3)CN(C3CCC(C)(O)CC3)C2)c1. The van der Waals surface area contributed by atoms with Crippen molar-refractivity contribution in [2.24, 2.45) is 5.41 Å². The first-order valence-corrected chi connectivity index (χ1v) is 15.3. The first-order valence-electron chi connectivity index (χ1n) is 15.3. The van der Waals surface area contributed by atoms with Crippen molar-refractivity contribution in [3.8, 4) is 17.1 Å². The summed E-state index contributed by atoms with van der Waals surface area (Å²) in [5, 5.41) is 14.3. The van der Waals surface area contributed by atoms with Crippen molar-refractivity contribution in [2.45, 2.75) is 89.7 Å². The summed E-state index contributed by atoms with van der Waals surface area (Å²) in [6, 6.07) is 10.8. The van der Waals surface area contributed by atoms with Gasteiger partial charge in [-0.3, -0.25) is 14.5 Å². The van der Waals surface area contributed by atoms with Gasteiger partial charge in [-0.15, -0.1) is 0 Å². The smallest absolute Gasteiger partial charge is 0.185 e. The van der Waals surface area contributed by atoms with Crippen LogP contribution in [0.25, 0.3) is 11.3 Å². The number of halogens is 2. The van der Waals surface area contributed by atoms with Gasteiger partial charge >= 0.3 is 0 Å². The molecule has 2 heterocycles. The highest BCUT2D eigenvalue weighted by Crippen LogP contribution is 2.44. The Balaban J connectivity index is 1.32. The molecule has 2 aliphatic rings. The third-order valence-electron chi connectivity index (χ3n) is 9.43. The Morgan fingerprint density at radius 2 is 1.80 bits per heavy atom. The van der Waals surface area contributed by atoms with E-state index in [1.165, 1.54) is 12.1 Å². The standard InChI is InChI=1S/C35H42F2N2O5/c1-22-12-23(14-27(13-22)43-5)33(2,3)17-26(40)18-35(20-39(21-35)25-8-10-34(4,42)11-9-25)19-31(41)30-16-32(44-38-30)28-7-6-24(36)15-29(28)37/h6-7,12-16,25,42H,8-11,17-21H2,1-5H3. The van der Waals surface area contributed by atoms with Crippen molar-refractivity contribution in [1.82, 2.24) is 10.1 Å². The van der Waals surface area contributed by atoms with E-state index in [4.69, 9.17) is 9.26 Å². The van der Waals surface area contributed by atoms with E-state index < -0.39 is 28.1 Å². The third kappa shape index (κ3) is 7.10. The van der Waals surface area contributed by atoms with Gasteiger partial charge in [0.2, 0.25) is 0 Å². The molecular formula is C35H42F2N2O5. The third-order valence-corrected chi connectivity index (χ3v) is 9.43. The van der Waals surface area contributed by atoms with Crippen LogP contribution in [0, 0.1) is 24.0 Å². The summed E-state index contributed by atoms with van der Waals surface area (Å²) >= 11 is 0. The summed E-state index contributed by atoms with van der Waals surface area (Å²) < 4.78 is 38.5. The van der Waals surface area contributed by atoms with E-state index in [1.807, 2.05) is 39.8 Å². The number of hydrogen-bond acceptors (Lipinski definition) is 7. The van der Waals surface area contributed by atoms with Gasteiger partial charge in [0.1, 0.15) is 28.9 Å². The van der Waals surface area contributed by atoms with Crippen LogP contribution >= 0.6 is 0 Å². The highest BCUT2D eigenvalue weighted by molar-refractivity contribution is 5.96. The molecule has 1 aromatic heterocycles. The number of likely N-dealkylation sites (tertiary alicyclic amines) is 1. The molecule has 5 rings (SSSR count). The number of benzene rings is 2. The fraction of sp³-hybridized carbons (Fsp3) is 0.514. The number of carbonyl (C=O) groups is 2. The molecule has 1 aliphatic heterocycles. The Morgan fingerprint density at radius 1 is 1.09 bits per heavy atom. The lowest BCUT2D eigenvalue weighted by molar-refractivity contribution is -0.128. The van der Waals surface area contributed by atoms with Gasteiger partial charge in [-0.2, -0.15) is 0 Å². The largest absolute Gasteiger partial charge is 0.497 e. The van der Waals surface area contributed by atoms with Gasteiger partial charge in [0.25, 0.3) is 0 Å². The first-order chi connectivity index (χ1) is 20.7. The summed E-state index contributed by atoms with van der Waals surface area (Å²) in [6.07, 6.45) is 3.80. The van der Waals surface area contributed by atoms with E-state index in [2.05, 4.69) is 16.1 Å². The first kappa shape index (κ1) is 32.0. The van der Waals surface area contributed by atoms with Crippen LogP contribution in [0.1, 0.15) is 87.3 Å². The van der Waals surface area contributed by atoms with E-state index in [-0.39, 0.29) is 41.4 Å². The number of carbonyl (C=O) groups excluding carboxylic acids is 2. The van der Waals surface area contributed by atoms with Gasteiger partial charge in [0, 0.05) is 55.9 Å². The zero-order chi connectivity index (χ0) is 31.9. The van der Waals surface area contributed by atoms with Crippen LogP contribution < -0.4 is 4.74 Å². The minimum atomic E-state index is -0.808. The number of Topliss-reactive ketones (excluding diaryl/α,β-unsaturated/α-hetero) is 2. The average Bonchev–Trinajstić information content (AvgIpc) is 3.41. The van der Waals surface area contributed by atoms with Crippen LogP contribution in [0.5, 0.6) is 5.75 Å². The Morgan fingerprint density at radius 3 is 2.45 bits per heavy atom. The van der Waals surface area contributed by atoms with Gasteiger partial charge in [0.05, 0.1) is 18.3 Å². The molecule has 9 heteroatoms. The molecule has 0 spiro atoms. The molecule has 0 unspecified atom stereocenters. The lowest BCUT2D eigenvalue weighted by Crippen LogP contribution is -2.62. The molecule has 1 N–H and O–H groups in total. The summed E-state index contributed by atoms with van der Waals surface area (Å²) in [4.78, 5) is 29.6. The number of ether oxygens (including phenoxy) is 1. The topological polar surface area (TPSA) is 92.9 Å². The minimum Gasteiger partial charge on any atom is -0.497 e. The maximum absolute atomic E-state index is 14.3. The van der Waals surface area contributed by atoms with Crippen molar-refractivity contribution in [3.05, 3.63) is 70.9 Å². The summed E-state index contributed by atoms with van der Waals surface area (Å²) in [7, 11) is 1.63. The summed E-state index contributed by atoms with van der Waals surface area (Å²) in [6.45, 7) is 9.14. The van der Waals surface area contributed by atoms with Crippen molar-refractivity contribution in [2.75, 3.05) is 20.2 Å². The number of hydrogen-bond donors (Lipinski definition) is 1. The monoisotopic (exact) mass is 608 g/mol. The predicted octanol–water partition coefficient (Wildman–Crippen LogP) is 6.83. The molecular weight excluding hydrogens is 566 g/mol.